The van der Waals surface area contributed by atoms with Crippen molar-refractivity contribution < 1.29 is 15.0 Å². The summed E-state index contributed by atoms with van der Waals surface area (Å²) in [5.41, 5.74) is 0.591. The summed E-state index contributed by atoms with van der Waals surface area (Å²) < 4.78 is 0.895. The predicted octanol–water partition coefficient (Wildman–Crippen LogP) is 0.688. The van der Waals surface area contributed by atoms with Gasteiger partial charge in [0, 0.05) is 18.5 Å². The van der Waals surface area contributed by atoms with E-state index in [4.69, 9.17) is 0 Å². The number of halogens is 1. The maximum absolute atomic E-state index is 11.8. The van der Waals surface area contributed by atoms with Gasteiger partial charge in [0.25, 0.3) is 5.91 Å². The number of carbonyl (C=O) groups excluding carboxylic acids is 1. The van der Waals surface area contributed by atoms with Crippen molar-refractivity contribution in [2.45, 2.75) is 12.2 Å². The lowest BCUT2D eigenvalue weighted by atomic mass is 10.3. The molecule has 1 aromatic rings. The van der Waals surface area contributed by atoms with Crippen LogP contribution in [0.3, 0.4) is 0 Å². The first kappa shape index (κ1) is 11.1. The lowest BCUT2D eigenvalue weighted by Gasteiger charge is -2.13. The van der Waals surface area contributed by atoms with Crippen molar-refractivity contribution in [3.05, 3.63) is 20.8 Å². The van der Waals surface area contributed by atoms with E-state index in [1.807, 2.05) is 0 Å². The van der Waals surface area contributed by atoms with E-state index in [-0.39, 0.29) is 19.0 Å². The number of β-amino-alcohol motifs (C(OH)–C–C–N with tert-alkyl or cyclic N) is 2. The highest BCUT2D eigenvalue weighted by Gasteiger charge is 2.33. The number of aliphatic hydroxyl groups excluding tert-OH is 2. The van der Waals surface area contributed by atoms with Gasteiger partial charge < -0.3 is 15.1 Å². The van der Waals surface area contributed by atoms with Crippen molar-refractivity contribution >= 4 is 33.2 Å². The number of aliphatic hydroxyl groups is 2. The molecule has 0 saturated carbocycles. The molecular formula is C9H10BrNO3S. The molecule has 1 aliphatic heterocycles. The van der Waals surface area contributed by atoms with Crippen molar-refractivity contribution in [2.24, 2.45) is 0 Å². The third-order valence-corrected chi connectivity index (χ3v) is 3.87. The summed E-state index contributed by atoms with van der Waals surface area (Å²) in [6.45, 7) is 0.404. The van der Waals surface area contributed by atoms with Crippen LogP contribution in [-0.2, 0) is 0 Å². The van der Waals surface area contributed by atoms with E-state index in [0.29, 0.717) is 5.56 Å². The van der Waals surface area contributed by atoms with Crippen LogP contribution in [0.5, 0.6) is 0 Å². The molecule has 0 aromatic carbocycles. The van der Waals surface area contributed by atoms with E-state index in [1.54, 1.807) is 11.4 Å². The predicted molar refractivity (Wildman–Crippen MR) is 59.9 cm³/mol. The quantitative estimate of drug-likeness (QED) is 0.800. The third-order valence-electron chi connectivity index (χ3n) is 2.36. The Morgan fingerprint density at radius 3 is 2.53 bits per heavy atom. The standard InChI is InChI=1S/C9H10BrNO3S/c10-8-1-5(4-15-8)9(14)11-2-6(12)7(13)3-11/h1,4,6-7,12-13H,2-3H2. The average molecular weight is 292 g/mol. The summed E-state index contributed by atoms with van der Waals surface area (Å²) >= 11 is 4.72. The molecular weight excluding hydrogens is 282 g/mol. The van der Waals surface area contributed by atoms with Gasteiger partial charge in [-0.15, -0.1) is 11.3 Å². The number of hydrogen-bond donors (Lipinski definition) is 2. The second kappa shape index (κ2) is 4.21. The number of carbonyl (C=O) groups is 1. The fourth-order valence-corrected chi connectivity index (χ4v) is 2.67. The van der Waals surface area contributed by atoms with Crippen LogP contribution in [0, 0.1) is 0 Å². The van der Waals surface area contributed by atoms with Crippen LogP contribution in [0.2, 0.25) is 0 Å². The number of rotatable bonds is 1. The Balaban J connectivity index is 2.10. The smallest absolute Gasteiger partial charge is 0.254 e. The Morgan fingerprint density at radius 1 is 1.47 bits per heavy atom. The first-order valence-electron chi connectivity index (χ1n) is 4.47. The third kappa shape index (κ3) is 2.23. The molecule has 2 rings (SSSR count). The molecule has 2 heterocycles. The highest BCUT2D eigenvalue weighted by Crippen LogP contribution is 2.23. The van der Waals surface area contributed by atoms with E-state index >= 15 is 0 Å². The monoisotopic (exact) mass is 291 g/mol. The molecule has 2 unspecified atom stereocenters. The number of amides is 1. The largest absolute Gasteiger partial charge is 0.388 e. The Labute approximate surface area is 99.3 Å². The molecule has 1 fully saturated rings. The minimum Gasteiger partial charge on any atom is -0.388 e. The first-order valence-corrected chi connectivity index (χ1v) is 6.14. The molecule has 1 amide bonds. The van der Waals surface area contributed by atoms with Crippen LogP contribution in [-0.4, -0.2) is 46.3 Å². The maximum Gasteiger partial charge on any atom is 0.254 e. The molecule has 2 atom stereocenters. The second-order valence-corrected chi connectivity index (χ2v) is 5.77. The van der Waals surface area contributed by atoms with E-state index in [2.05, 4.69) is 15.9 Å². The molecule has 6 heteroatoms. The van der Waals surface area contributed by atoms with Crippen LogP contribution in [0.15, 0.2) is 15.2 Å². The highest BCUT2D eigenvalue weighted by atomic mass is 79.9. The van der Waals surface area contributed by atoms with Crippen molar-refractivity contribution in [2.75, 3.05) is 13.1 Å². The van der Waals surface area contributed by atoms with Gasteiger partial charge in [-0.2, -0.15) is 0 Å². The zero-order valence-electron chi connectivity index (χ0n) is 7.76. The van der Waals surface area contributed by atoms with E-state index in [9.17, 15) is 15.0 Å². The molecule has 1 aliphatic rings. The Kier molecular flexibility index (Phi) is 3.11. The Morgan fingerprint density at radius 2 is 2.07 bits per heavy atom. The molecule has 2 N–H and O–H groups in total. The summed E-state index contributed by atoms with van der Waals surface area (Å²) in [4.78, 5) is 13.3. The minimum absolute atomic E-state index is 0.146. The molecule has 4 nitrogen and oxygen atoms in total. The molecule has 0 bridgehead atoms. The van der Waals surface area contributed by atoms with Gasteiger partial charge in [-0.1, -0.05) is 0 Å². The van der Waals surface area contributed by atoms with Crippen molar-refractivity contribution in [3.8, 4) is 0 Å². The fraction of sp³-hybridized carbons (Fsp3) is 0.444. The van der Waals surface area contributed by atoms with Gasteiger partial charge in [0.1, 0.15) is 0 Å². The minimum atomic E-state index is -0.823. The SMILES string of the molecule is O=C(c1csc(Br)c1)N1CC(O)C(O)C1. The normalized spacial score (nSPS) is 25.9. The van der Waals surface area contributed by atoms with Gasteiger partial charge in [-0.05, 0) is 22.0 Å². The molecule has 15 heavy (non-hydrogen) atoms. The second-order valence-electron chi connectivity index (χ2n) is 3.48. The zero-order chi connectivity index (χ0) is 11.0. The number of likely N-dealkylation sites (tertiary alicyclic amines) is 1. The summed E-state index contributed by atoms with van der Waals surface area (Å²) in [5.74, 6) is -0.146. The molecule has 82 valence electrons. The lowest BCUT2D eigenvalue weighted by Crippen LogP contribution is -2.29. The van der Waals surface area contributed by atoms with Gasteiger partial charge in [-0.25, -0.2) is 0 Å². The van der Waals surface area contributed by atoms with Crippen LogP contribution < -0.4 is 0 Å². The highest BCUT2D eigenvalue weighted by molar-refractivity contribution is 9.11. The van der Waals surface area contributed by atoms with Gasteiger partial charge in [-0.3, -0.25) is 4.79 Å². The van der Waals surface area contributed by atoms with Crippen LogP contribution in [0.1, 0.15) is 10.4 Å². The topological polar surface area (TPSA) is 60.8 Å². The zero-order valence-corrected chi connectivity index (χ0v) is 10.2. The molecule has 0 spiro atoms. The summed E-state index contributed by atoms with van der Waals surface area (Å²) in [6, 6.07) is 1.74. The van der Waals surface area contributed by atoms with Crippen molar-refractivity contribution in [3.63, 3.8) is 0 Å². The van der Waals surface area contributed by atoms with Crippen molar-refractivity contribution in [1.82, 2.24) is 4.90 Å². The molecule has 0 aliphatic carbocycles. The lowest BCUT2D eigenvalue weighted by molar-refractivity contribution is 0.0572. The average Bonchev–Trinajstić information content (AvgIpc) is 2.74. The molecule has 0 radical (unpaired) electrons. The fourth-order valence-electron chi connectivity index (χ4n) is 1.54. The molecule has 1 aromatic heterocycles. The van der Waals surface area contributed by atoms with Crippen LogP contribution >= 0.6 is 27.3 Å². The van der Waals surface area contributed by atoms with Crippen molar-refractivity contribution in [1.29, 1.82) is 0 Å². The summed E-state index contributed by atoms with van der Waals surface area (Å²) in [5, 5.41) is 20.4. The maximum atomic E-state index is 11.8. The van der Waals surface area contributed by atoms with Crippen LogP contribution in [0.25, 0.3) is 0 Å². The Hall–Kier alpha value is -0.430. The van der Waals surface area contributed by atoms with E-state index in [0.717, 1.165) is 3.79 Å². The number of thiophene rings is 1. The molecule has 1 saturated heterocycles. The van der Waals surface area contributed by atoms with E-state index < -0.39 is 12.2 Å². The van der Waals surface area contributed by atoms with Gasteiger partial charge in [0.15, 0.2) is 0 Å². The van der Waals surface area contributed by atoms with Gasteiger partial charge in [0.05, 0.1) is 21.6 Å². The number of hydrogen-bond acceptors (Lipinski definition) is 4. The van der Waals surface area contributed by atoms with Gasteiger partial charge in [0.2, 0.25) is 0 Å². The van der Waals surface area contributed by atoms with Crippen LogP contribution in [0.4, 0.5) is 0 Å². The Bertz CT molecular complexity index is 371. The van der Waals surface area contributed by atoms with Gasteiger partial charge >= 0.3 is 0 Å². The van der Waals surface area contributed by atoms with E-state index in [1.165, 1.54) is 16.2 Å². The summed E-state index contributed by atoms with van der Waals surface area (Å²) in [6.07, 6.45) is -1.65. The number of nitrogens with zero attached hydrogens (tertiary/aromatic N) is 1. The first-order chi connectivity index (χ1) is 7.08. The summed E-state index contributed by atoms with van der Waals surface area (Å²) in [7, 11) is 0.